The van der Waals surface area contributed by atoms with E-state index >= 15 is 0 Å². The molecule has 0 bridgehead atoms. The number of carbonyl (C=O) groups is 2. The van der Waals surface area contributed by atoms with Crippen LogP contribution in [0.4, 0.5) is 0 Å². The quantitative estimate of drug-likeness (QED) is 0.569. The molecule has 0 aromatic heterocycles. The largest absolute Gasteiger partial charge is 0.291 e. The number of carbonyl (C=O) groups excluding carboxylic acids is 2. The minimum absolute atomic E-state index is 0.0241. The molecule has 0 fully saturated rings. The highest BCUT2D eigenvalue weighted by Crippen LogP contribution is 2.27. The Balaban J connectivity index is 4.04. The summed E-state index contributed by atoms with van der Waals surface area (Å²) >= 11 is 20.9. The third-order valence-electron chi connectivity index (χ3n) is 1.05. The van der Waals surface area contributed by atoms with E-state index in [2.05, 4.69) is 0 Å². The second kappa shape index (κ2) is 5.28. The summed E-state index contributed by atoms with van der Waals surface area (Å²) in [6, 6.07) is 0. The van der Waals surface area contributed by atoms with Crippen LogP contribution in [0.15, 0.2) is 0 Å². The Morgan fingerprint density at radius 1 is 1.17 bits per heavy atom. The van der Waals surface area contributed by atoms with Gasteiger partial charge in [0.1, 0.15) is 0 Å². The summed E-state index contributed by atoms with van der Waals surface area (Å²) < 4.78 is -2.14. The van der Waals surface area contributed by atoms with Gasteiger partial charge in [-0.05, 0) is 6.42 Å². The van der Waals surface area contributed by atoms with Gasteiger partial charge < -0.3 is 0 Å². The number of ketones is 2. The van der Waals surface area contributed by atoms with Gasteiger partial charge in [0.15, 0.2) is 0 Å². The van der Waals surface area contributed by atoms with Crippen molar-refractivity contribution < 1.29 is 9.59 Å². The van der Waals surface area contributed by atoms with E-state index < -0.39 is 15.4 Å². The Hall–Kier alpha value is 0.500. The average molecular weight is 252 g/mol. The topological polar surface area (TPSA) is 34.1 Å². The molecule has 6 heteroatoms. The Morgan fingerprint density at radius 3 is 2.00 bits per heavy atom. The zero-order chi connectivity index (χ0) is 9.78. The molecule has 0 aliphatic rings. The first-order valence-corrected chi connectivity index (χ1v) is 4.76. The molecule has 70 valence electrons. The predicted molar refractivity (Wildman–Crippen MR) is 50.3 cm³/mol. The fraction of sp³-hybridized carbons (Fsp3) is 0.667. The lowest BCUT2D eigenvalue weighted by molar-refractivity contribution is -0.136. The lowest BCUT2D eigenvalue weighted by atomic mass is 10.2. The molecule has 0 aliphatic heterocycles. The van der Waals surface area contributed by atoms with E-state index in [-0.39, 0.29) is 6.42 Å². The van der Waals surface area contributed by atoms with Crippen LogP contribution >= 0.6 is 46.4 Å². The SMILES string of the molecule is O=C(CCCCl)C(=O)C(Cl)(Cl)Cl. The summed E-state index contributed by atoms with van der Waals surface area (Å²) in [5.41, 5.74) is 0. The zero-order valence-electron chi connectivity index (χ0n) is 5.95. The molecule has 0 aliphatic carbocycles. The van der Waals surface area contributed by atoms with Crippen LogP contribution in [0.5, 0.6) is 0 Å². The second-order valence-electron chi connectivity index (χ2n) is 2.04. The highest BCUT2D eigenvalue weighted by Gasteiger charge is 2.35. The van der Waals surface area contributed by atoms with Crippen LogP contribution in [0.25, 0.3) is 0 Å². The van der Waals surface area contributed by atoms with Gasteiger partial charge in [-0.25, -0.2) is 0 Å². The van der Waals surface area contributed by atoms with E-state index in [0.29, 0.717) is 12.3 Å². The van der Waals surface area contributed by atoms with Crippen molar-refractivity contribution in [3.8, 4) is 0 Å². The monoisotopic (exact) mass is 250 g/mol. The van der Waals surface area contributed by atoms with E-state index in [0.717, 1.165) is 0 Å². The number of hydrogen-bond donors (Lipinski definition) is 0. The molecule has 0 saturated heterocycles. The average Bonchev–Trinajstić information content (AvgIpc) is 1.97. The van der Waals surface area contributed by atoms with Gasteiger partial charge in [-0.2, -0.15) is 0 Å². The van der Waals surface area contributed by atoms with Crippen molar-refractivity contribution in [1.29, 1.82) is 0 Å². The van der Waals surface area contributed by atoms with Crippen molar-refractivity contribution in [2.24, 2.45) is 0 Å². The van der Waals surface area contributed by atoms with Crippen molar-refractivity contribution >= 4 is 58.0 Å². The third kappa shape index (κ3) is 4.51. The highest BCUT2D eigenvalue weighted by atomic mass is 35.6. The molecule has 0 atom stereocenters. The molecular weight excluding hydrogens is 246 g/mol. The molecule has 0 aromatic carbocycles. The number of halogens is 4. The molecular formula is C6H6Cl4O2. The lowest BCUT2D eigenvalue weighted by Gasteiger charge is -2.06. The molecule has 0 saturated carbocycles. The van der Waals surface area contributed by atoms with Crippen LogP contribution in [-0.4, -0.2) is 21.2 Å². The molecule has 0 aromatic rings. The van der Waals surface area contributed by atoms with Crippen LogP contribution in [0.2, 0.25) is 0 Å². The van der Waals surface area contributed by atoms with Gasteiger partial charge in [0.2, 0.25) is 11.6 Å². The van der Waals surface area contributed by atoms with E-state index in [1.54, 1.807) is 0 Å². The summed E-state index contributed by atoms with van der Waals surface area (Å²) in [5, 5.41) is 0. The summed E-state index contributed by atoms with van der Waals surface area (Å²) in [7, 11) is 0. The highest BCUT2D eigenvalue weighted by molar-refractivity contribution is 6.81. The summed E-state index contributed by atoms with van der Waals surface area (Å²) in [6.07, 6.45) is 0.434. The Bertz CT molecular complexity index is 184. The maximum absolute atomic E-state index is 10.9. The Morgan fingerprint density at radius 2 is 1.67 bits per heavy atom. The van der Waals surface area contributed by atoms with Crippen LogP contribution in [0.3, 0.4) is 0 Å². The van der Waals surface area contributed by atoms with Crippen molar-refractivity contribution in [2.45, 2.75) is 16.6 Å². The number of Topliss-reactive ketones (excluding diaryl/α,β-unsaturated/α-hetero) is 2. The van der Waals surface area contributed by atoms with Gasteiger partial charge in [0.25, 0.3) is 3.79 Å². The van der Waals surface area contributed by atoms with Gasteiger partial charge in [0.05, 0.1) is 0 Å². The predicted octanol–water partition coefficient (Wildman–Crippen LogP) is 2.51. The van der Waals surface area contributed by atoms with Gasteiger partial charge in [0, 0.05) is 12.3 Å². The van der Waals surface area contributed by atoms with E-state index in [1.165, 1.54) is 0 Å². The molecule has 0 spiro atoms. The van der Waals surface area contributed by atoms with E-state index in [1.807, 2.05) is 0 Å². The molecule has 0 N–H and O–H groups in total. The summed E-state index contributed by atoms with van der Waals surface area (Å²) in [4.78, 5) is 21.8. The fourth-order valence-corrected chi connectivity index (χ4v) is 0.949. The maximum Gasteiger partial charge on any atom is 0.256 e. The smallest absolute Gasteiger partial charge is 0.256 e. The summed E-state index contributed by atoms with van der Waals surface area (Å²) in [6.45, 7) is 0. The minimum Gasteiger partial charge on any atom is -0.291 e. The standard InChI is InChI=1S/C6H6Cl4O2/c7-3-1-2-4(11)5(12)6(8,9)10/h1-3H2. The molecule has 2 nitrogen and oxygen atoms in total. The van der Waals surface area contributed by atoms with E-state index in [4.69, 9.17) is 46.4 Å². The Labute approximate surface area is 90.1 Å². The number of rotatable bonds is 4. The first kappa shape index (κ1) is 12.5. The van der Waals surface area contributed by atoms with Crippen LogP contribution in [-0.2, 0) is 9.59 Å². The zero-order valence-corrected chi connectivity index (χ0v) is 8.97. The molecule has 0 radical (unpaired) electrons. The normalized spacial score (nSPS) is 11.3. The lowest BCUT2D eigenvalue weighted by Crippen LogP contribution is -2.27. The van der Waals surface area contributed by atoms with Crippen LogP contribution in [0, 0.1) is 0 Å². The first-order chi connectivity index (χ1) is 5.39. The van der Waals surface area contributed by atoms with Crippen LogP contribution < -0.4 is 0 Å². The fourth-order valence-electron chi connectivity index (χ4n) is 0.499. The van der Waals surface area contributed by atoms with Crippen molar-refractivity contribution in [3.63, 3.8) is 0 Å². The Kier molecular flexibility index (Phi) is 5.50. The minimum atomic E-state index is -2.14. The van der Waals surface area contributed by atoms with Crippen molar-refractivity contribution in [2.75, 3.05) is 5.88 Å². The molecule has 12 heavy (non-hydrogen) atoms. The van der Waals surface area contributed by atoms with Crippen LogP contribution in [0.1, 0.15) is 12.8 Å². The third-order valence-corrected chi connectivity index (χ3v) is 1.83. The number of alkyl halides is 4. The molecule has 0 amide bonds. The first-order valence-electron chi connectivity index (χ1n) is 3.10. The van der Waals surface area contributed by atoms with Gasteiger partial charge in [-0.15, -0.1) is 11.6 Å². The van der Waals surface area contributed by atoms with Gasteiger partial charge in [-0.3, -0.25) is 9.59 Å². The van der Waals surface area contributed by atoms with E-state index in [9.17, 15) is 9.59 Å². The number of hydrogen-bond acceptors (Lipinski definition) is 2. The summed E-state index contributed by atoms with van der Waals surface area (Å²) in [5.74, 6) is -1.40. The van der Waals surface area contributed by atoms with Crippen molar-refractivity contribution in [3.05, 3.63) is 0 Å². The van der Waals surface area contributed by atoms with Gasteiger partial charge in [-0.1, -0.05) is 34.8 Å². The maximum atomic E-state index is 10.9. The molecule has 0 heterocycles. The molecule has 0 unspecified atom stereocenters. The van der Waals surface area contributed by atoms with Gasteiger partial charge >= 0.3 is 0 Å². The van der Waals surface area contributed by atoms with Crippen molar-refractivity contribution in [1.82, 2.24) is 0 Å². The molecule has 0 rings (SSSR count). The second-order valence-corrected chi connectivity index (χ2v) is 4.70.